The fourth-order valence-corrected chi connectivity index (χ4v) is 3.86. The average molecular weight is 368 g/mol. The lowest BCUT2D eigenvalue weighted by molar-refractivity contribution is -0.130. The number of carbonyl (C=O) groups is 2. The smallest absolute Gasteiger partial charge is 0.240 e. The Balaban J connectivity index is 1.91. The van der Waals surface area contributed by atoms with Gasteiger partial charge in [0.25, 0.3) is 0 Å². The second kappa shape index (κ2) is 7.63. The van der Waals surface area contributed by atoms with Crippen LogP contribution in [0.5, 0.6) is 0 Å². The molecular weight excluding hydrogens is 344 g/mol. The van der Waals surface area contributed by atoms with Crippen molar-refractivity contribution in [1.29, 1.82) is 0 Å². The Morgan fingerprint density at radius 2 is 2.08 bits per heavy atom. The number of benzene rings is 1. The fraction of sp³-hybridized carbons (Fsp3) is 0.529. The van der Waals surface area contributed by atoms with Crippen LogP contribution in [-0.4, -0.2) is 56.4 Å². The maximum absolute atomic E-state index is 12.3. The van der Waals surface area contributed by atoms with Gasteiger partial charge in [0.05, 0.1) is 11.5 Å². The van der Waals surface area contributed by atoms with Crippen LogP contribution in [0.4, 0.5) is 0 Å². The zero-order valence-electron chi connectivity index (χ0n) is 14.5. The zero-order chi connectivity index (χ0) is 18.7. The van der Waals surface area contributed by atoms with Crippen LogP contribution in [0.1, 0.15) is 37.0 Å². The summed E-state index contributed by atoms with van der Waals surface area (Å²) in [5.41, 5.74) is 0.0433. The number of ketones is 1. The van der Waals surface area contributed by atoms with Gasteiger partial charge in [0.1, 0.15) is 0 Å². The molecular formula is C17H24N2O5S. The number of hydrogen-bond acceptors (Lipinski definition) is 5. The van der Waals surface area contributed by atoms with E-state index < -0.39 is 10.0 Å². The maximum atomic E-state index is 12.3. The lowest BCUT2D eigenvalue weighted by atomic mass is 9.91. The number of Topliss-reactive ketones (excluding diaryl/α,β-unsaturated/α-hetero) is 1. The van der Waals surface area contributed by atoms with Crippen molar-refractivity contribution < 1.29 is 23.1 Å². The van der Waals surface area contributed by atoms with E-state index in [4.69, 9.17) is 0 Å². The van der Waals surface area contributed by atoms with Gasteiger partial charge in [0.15, 0.2) is 5.78 Å². The van der Waals surface area contributed by atoms with Crippen LogP contribution in [-0.2, 0) is 14.8 Å². The second-order valence-corrected chi connectivity index (χ2v) is 8.53. The Morgan fingerprint density at radius 3 is 2.68 bits per heavy atom. The minimum absolute atomic E-state index is 0.00155. The third-order valence-corrected chi connectivity index (χ3v) is 5.93. The molecule has 0 aromatic heterocycles. The van der Waals surface area contributed by atoms with Crippen molar-refractivity contribution in [2.45, 2.75) is 31.6 Å². The zero-order valence-corrected chi connectivity index (χ0v) is 15.3. The van der Waals surface area contributed by atoms with Crippen molar-refractivity contribution in [2.75, 3.05) is 26.2 Å². The van der Waals surface area contributed by atoms with E-state index >= 15 is 0 Å². The van der Waals surface area contributed by atoms with Gasteiger partial charge in [-0.25, -0.2) is 13.1 Å². The Morgan fingerprint density at radius 1 is 1.36 bits per heavy atom. The molecule has 1 unspecified atom stereocenters. The summed E-state index contributed by atoms with van der Waals surface area (Å²) in [5, 5.41) is 9.34. The molecule has 1 fully saturated rings. The molecule has 7 nitrogen and oxygen atoms in total. The van der Waals surface area contributed by atoms with Crippen LogP contribution in [0.25, 0.3) is 0 Å². The molecule has 8 heteroatoms. The van der Waals surface area contributed by atoms with E-state index in [0.29, 0.717) is 18.7 Å². The second-order valence-electron chi connectivity index (χ2n) is 6.77. The molecule has 1 heterocycles. The first kappa shape index (κ1) is 19.6. The van der Waals surface area contributed by atoms with Gasteiger partial charge in [-0.2, -0.15) is 0 Å². The molecule has 0 saturated carbocycles. The lowest BCUT2D eigenvalue weighted by Gasteiger charge is -2.22. The highest BCUT2D eigenvalue weighted by molar-refractivity contribution is 7.89. The molecule has 1 atom stereocenters. The molecule has 1 aliphatic heterocycles. The van der Waals surface area contributed by atoms with Crippen LogP contribution in [0.2, 0.25) is 0 Å². The standard InChI is InChI=1S/C17H24N2O5S/c1-13(21)14-4-3-5-15(10-14)25(23,24)18-8-6-16(22)19-9-7-17(2,11-19)12-20/h3-5,10,18,20H,6-9,11-12H2,1-2H3. The number of sulfonamides is 1. The minimum atomic E-state index is -3.78. The number of carbonyl (C=O) groups excluding carboxylic acids is 2. The molecule has 2 N–H and O–H groups in total. The summed E-state index contributed by atoms with van der Waals surface area (Å²) in [4.78, 5) is 25.2. The van der Waals surface area contributed by atoms with E-state index in [9.17, 15) is 23.1 Å². The van der Waals surface area contributed by atoms with Gasteiger partial charge < -0.3 is 10.0 Å². The summed E-state index contributed by atoms with van der Waals surface area (Å²) in [6, 6.07) is 5.79. The van der Waals surface area contributed by atoms with Gasteiger partial charge in [-0.15, -0.1) is 0 Å². The average Bonchev–Trinajstić information content (AvgIpc) is 2.98. The fourth-order valence-electron chi connectivity index (χ4n) is 2.78. The van der Waals surface area contributed by atoms with Crippen LogP contribution < -0.4 is 4.72 Å². The quantitative estimate of drug-likeness (QED) is 0.693. The molecule has 0 spiro atoms. The Labute approximate surface area is 148 Å². The van der Waals surface area contributed by atoms with Gasteiger partial charge in [-0.3, -0.25) is 9.59 Å². The SMILES string of the molecule is CC(=O)c1cccc(S(=O)(=O)NCCC(=O)N2CCC(C)(CO)C2)c1. The van der Waals surface area contributed by atoms with Crippen LogP contribution in [0.3, 0.4) is 0 Å². The van der Waals surface area contributed by atoms with Gasteiger partial charge in [-0.1, -0.05) is 19.1 Å². The number of likely N-dealkylation sites (tertiary alicyclic amines) is 1. The summed E-state index contributed by atoms with van der Waals surface area (Å²) in [6.07, 6.45) is 0.784. The molecule has 0 radical (unpaired) electrons. The van der Waals surface area contributed by atoms with Crippen molar-refractivity contribution in [3.63, 3.8) is 0 Å². The van der Waals surface area contributed by atoms with Gasteiger partial charge in [0.2, 0.25) is 15.9 Å². The van der Waals surface area contributed by atoms with Crippen LogP contribution in [0, 0.1) is 5.41 Å². The van der Waals surface area contributed by atoms with Crippen LogP contribution in [0.15, 0.2) is 29.2 Å². The summed E-state index contributed by atoms with van der Waals surface area (Å²) in [5.74, 6) is -0.356. The molecule has 0 bridgehead atoms. The molecule has 25 heavy (non-hydrogen) atoms. The topological polar surface area (TPSA) is 104 Å². The summed E-state index contributed by atoms with van der Waals surface area (Å²) >= 11 is 0. The van der Waals surface area contributed by atoms with Gasteiger partial charge in [-0.05, 0) is 25.5 Å². The third kappa shape index (κ3) is 4.87. The highest BCUT2D eigenvalue weighted by Crippen LogP contribution is 2.29. The molecule has 2 rings (SSSR count). The number of aliphatic hydroxyl groups excluding tert-OH is 1. The number of rotatable bonds is 7. The minimum Gasteiger partial charge on any atom is -0.396 e. The first-order chi connectivity index (χ1) is 11.7. The van der Waals surface area contributed by atoms with Crippen molar-refractivity contribution in [2.24, 2.45) is 5.41 Å². The molecule has 1 saturated heterocycles. The molecule has 138 valence electrons. The Hall–Kier alpha value is -1.77. The van der Waals surface area contributed by atoms with Gasteiger partial charge >= 0.3 is 0 Å². The Bertz CT molecular complexity index is 762. The number of amides is 1. The lowest BCUT2D eigenvalue weighted by Crippen LogP contribution is -2.35. The number of hydrogen-bond donors (Lipinski definition) is 2. The predicted molar refractivity (Wildman–Crippen MR) is 92.6 cm³/mol. The predicted octanol–water partition coefficient (Wildman–Crippen LogP) is 0.788. The van der Waals surface area contributed by atoms with E-state index in [-0.39, 0.29) is 41.6 Å². The molecule has 1 aromatic carbocycles. The van der Waals surface area contributed by atoms with Crippen molar-refractivity contribution in [3.8, 4) is 0 Å². The van der Waals surface area contributed by atoms with Crippen molar-refractivity contribution >= 4 is 21.7 Å². The third-order valence-electron chi connectivity index (χ3n) is 4.47. The highest BCUT2D eigenvalue weighted by Gasteiger charge is 2.35. The first-order valence-corrected chi connectivity index (χ1v) is 9.64. The van der Waals surface area contributed by atoms with Crippen LogP contribution >= 0.6 is 0 Å². The molecule has 0 aliphatic carbocycles. The molecule has 1 aliphatic rings. The number of aliphatic hydroxyl groups is 1. The number of nitrogens with zero attached hydrogens (tertiary/aromatic N) is 1. The van der Waals surface area contributed by atoms with E-state index in [0.717, 1.165) is 6.42 Å². The van der Waals surface area contributed by atoms with Crippen molar-refractivity contribution in [3.05, 3.63) is 29.8 Å². The van der Waals surface area contributed by atoms with E-state index in [2.05, 4.69) is 4.72 Å². The maximum Gasteiger partial charge on any atom is 0.240 e. The summed E-state index contributed by atoms with van der Waals surface area (Å²) < 4.78 is 27.0. The van der Waals surface area contributed by atoms with Gasteiger partial charge in [0, 0.05) is 37.0 Å². The van der Waals surface area contributed by atoms with E-state index in [1.807, 2.05) is 6.92 Å². The Kier molecular flexibility index (Phi) is 5.97. The highest BCUT2D eigenvalue weighted by atomic mass is 32.2. The summed E-state index contributed by atoms with van der Waals surface area (Å²) in [7, 11) is -3.78. The molecule has 1 aromatic rings. The molecule has 1 amide bonds. The normalized spacial score (nSPS) is 20.7. The largest absolute Gasteiger partial charge is 0.396 e. The van der Waals surface area contributed by atoms with E-state index in [1.165, 1.54) is 25.1 Å². The first-order valence-electron chi connectivity index (χ1n) is 8.16. The van der Waals surface area contributed by atoms with Crippen molar-refractivity contribution in [1.82, 2.24) is 9.62 Å². The van der Waals surface area contributed by atoms with E-state index in [1.54, 1.807) is 11.0 Å². The number of nitrogens with one attached hydrogen (secondary N) is 1. The summed E-state index contributed by atoms with van der Waals surface area (Å²) in [6.45, 7) is 4.35. The monoisotopic (exact) mass is 368 g/mol.